The first-order chi connectivity index (χ1) is 8.08. The summed E-state index contributed by atoms with van der Waals surface area (Å²) in [4.78, 5) is 10.6. The number of halogens is 1. The van der Waals surface area contributed by atoms with Gasteiger partial charge < -0.3 is 20.3 Å². The lowest BCUT2D eigenvalue weighted by Gasteiger charge is -2.21. The van der Waals surface area contributed by atoms with Crippen molar-refractivity contribution in [1.29, 1.82) is 0 Å². The molecule has 0 saturated heterocycles. The second kappa shape index (κ2) is 4.93. The van der Waals surface area contributed by atoms with Gasteiger partial charge >= 0.3 is 5.97 Å². The molecule has 0 fully saturated rings. The maximum Gasteiger partial charge on any atom is 0.305 e. The van der Waals surface area contributed by atoms with Crippen molar-refractivity contribution in [2.45, 2.75) is 12.5 Å². The summed E-state index contributed by atoms with van der Waals surface area (Å²) in [6.45, 7) is 0.989. The van der Waals surface area contributed by atoms with Crippen molar-refractivity contribution in [2.75, 3.05) is 13.2 Å². The van der Waals surface area contributed by atoms with Gasteiger partial charge in [0.25, 0.3) is 0 Å². The van der Waals surface area contributed by atoms with E-state index in [9.17, 15) is 4.79 Å². The van der Waals surface area contributed by atoms with E-state index in [0.717, 1.165) is 4.47 Å². The number of carboxylic acids is 1. The Bertz CT molecular complexity index is 449. The van der Waals surface area contributed by atoms with E-state index >= 15 is 0 Å². The first kappa shape index (κ1) is 12.2. The molecule has 1 aliphatic rings. The van der Waals surface area contributed by atoms with Crippen molar-refractivity contribution in [3.63, 3.8) is 0 Å². The van der Waals surface area contributed by atoms with Gasteiger partial charge in [0.1, 0.15) is 13.2 Å². The zero-order chi connectivity index (χ0) is 12.4. The molecular weight excluding hydrogens is 290 g/mol. The molecule has 1 heterocycles. The topological polar surface area (TPSA) is 81.8 Å². The Balaban J connectivity index is 2.30. The second-order valence-corrected chi connectivity index (χ2v) is 4.59. The van der Waals surface area contributed by atoms with Crippen molar-refractivity contribution >= 4 is 21.9 Å². The monoisotopic (exact) mass is 301 g/mol. The van der Waals surface area contributed by atoms with Gasteiger partial charge in [0.2, 0.25) is 0 Å². The summed E-state index contributed by atoms with van der Waals surface area (Å²) in [5, 5.41) is 8.71. The average Bonchev–Trinajstić information content (AvgIpc) is 2.28. The minimum atomic E-state index is -0.927. The molecular formula is C11H12BrNO4. The third-order valence-electron chi connectivity index (χ3n) is 2.44. The maximum atomic E-state index is 10.6. The van der Waals surface area contributed by atoms with E-state index in [1.54, 1.807) is 12.1 Å². The van der Waals surface area contributed by atoms with Gasteiger partial charge in [0.15, 0.2) is 11.5 Å². The largest absolute Gasteiger partial charge is 0.486 e. The van der Waals surface area contributed by atoms with E-state index in [4.69, 9.17) is 20.3 Å². The van der Waals surface area contributed by atoms with Crippen LogP contribution in [0.4, 0.5) is 0 Å². The van der Waals surface area contributed by atoms with E-state index < -0.39 is 12.0 Å². The van der Waals surface area contributed by atoms with Crippen LogP contribution in [0.25, 0.3) is 0 Å². The molecule has 0 unspecified atom stereocenters. The number of fused-ring (bicyclic) bond motifs is 1. The molecule has 0 amide bonds. The highest BCUT2D eigenvalue weighted by Gasteiger charge is 2.19. The number of benzene rings is 1. The molecule has 92 valence electrons. The Morgan fingerprint density at radius 1 is 1.47 bits per heavy atom. The van der Waals surface area contributed by atoms with Crippen molar-refractivity contribution in [3.8, 4) is 11.5 Å². The summed E-state index contributed by atoms with van der Waals surface area (Å²) in [5.74, 6) is 0.313. The third kappa shape index (κ3) is 2.70. The molecule has 17 heavy (non-hydrogen) atoms. The quantitative estimate of drug-likeness (QED) is 0.888. The van der Waals surface area contributed by atoms with Crippen molar-refractivity contribution in [3.05, 3.63) is 22.2 Å². The van der Waals surface area contributed by atoms with Crippen LogP contribution >= 0.6 is 15.9 Å². The number of ether oxygens (including phenoxy) is 2. The van der Waals surface area contributed by atoms with Crippen LogP contribution in [0.15, 0.2) is 16.6 Å². The molecule has 2 rings (SSSR count). The van der Waals surface area contributed by atoms with E-state index in [0.29, 0.717) is 30.3 Å². The highest BCUT2D eigenvalue weighted by Crippen LogP contribution is 2.39. The summed E-state index contributed by atoms with van der Waals surface area (Å²) >= 11 is 3.36. The van der Waals surface area contributed by atoms with Crippen molar-refractivity contribution in [1.82, 2.24) is 0 Å². The molecule has 0 saturated carbocycles. The zero-order valence-electron chi connectivity index (χ0n) is 8.98. The van der Waals surface area contributed by atoms with Gasteiger partial charge in [0, 0.05) is 6.04 Å². The van der Waals surface area contributed by atoms with Crippen LogP contribution in [-0.2, 0) is 4.79 Å². The number of rotatable bonds is 3. The number of hydrogen-bond donors (Lipinski definition) is 2. The normalized spacial score (nSPS) is 15.4. The predicted molar refractivity (Wildman–Crippen MR) is 64.3 cm³/mol. The highest BCUT2D eigenvalue weighted by atomic mass is 79.9. The van der Waals surface area contributed by atoms with Crippen LogP contribution in [0, 0.1) is 0 Å². The molecule has 0 radical (unpaired) electrons. The fourth-order valence-corrected chi connectivity index (χ4v) is 2.23. The Morgan fingerprint density at radius 3 is 2.88 bits per heavy atom. The molecule has 5 nitrogen and oxygen atoms in total. The minimum Gasteiger partial charge on any atom is -0.486 e. The molecule has 1 atom stereocenters. The lowest BCUT2D eigenvalue weighted by molar-refractivity contribution is -0.137. The molecule has 1 aromatic carbocycles. The second-order valence-electron chi connectivity index (χ2n) is 3.73. The van der Waals surface area contributed by atoms with E-state index in [1.165, 1.54) is 0 Å². The number of hydrogen-bond acceptors (Lipinski definition) is 4. The molecule has 1 aromatic rings. The Hall–Kier alpha value is -1.27. The van der Waals surface area contributed by atoms with Gasteiger partial charge in [-0.2, -0.15) is 0 Å². The summed E-state index contributed by atoms with van der Waals surface area (Å²) in [6.07, 6.45) is -0.119. The van der Waals surface area contributed by atoms with Gasteiger partial charge in [-0.15, -0.1) is 0 Å². The zero-order valence-corrected chi connectivity index (χ0v) is 10.6. The predicted octanol–water partition coefficient (Wildman–Crippen LogP) is 1.69. The molecule has 0 spiro atoms. The van der Waals surface area contributed by atoms with Gasteiger partial charge in [0.05, 0.1) is 10.9 Å². The molecule has 0 aliphatic carbocycles. The summed E-state index contributed by atoms with van der Waals surface area (Å²) in [7, 11) is 0. The highest BCUT2D eigenvalue weighted by molar-refractivity contribution is 9.10. The average molecular weight is 302 g/mol. The van der Waals surface area contributed by atoms with E-state index in [-0.39, 0.29) is 6.42 Å². The van der Waals surface area contributed by atoms with Gasteiger partial charge in [-0.3, -0.25) is 4.79 Å². The van der Waals surface area contributed by atoms with Crippen LogP contribution in [0.5, 0.6) is 11.5 Å². The fraction of sp³-hybridized carbons (Fsp3) is 0.364. The lowest BCUT2D eigenvalue weighted by Crippen LogP contribution is -2.18. The van der Waals surface area contributed by atoms with Crippen molar-refractivity contribution in [2.24, 2.45) is 5.73 Å². The van der Waals surface area contributed by atoms with Gasteiger partial charge in [-0.1, -0.05) is 0 Å². The Morgan fingerprint density at radius 2 is 2.18 bits per heavy atom. The summed E-state index contributed by atoms with van der Waals surface area (Å²) in [6, 6.07) is 2.94. The molecule has 3 N–H and O–H groups in total. The van der Waals surface area contributed by atoms with E-state index in [1.807, 2.05) is 0 Å². The van der Waals surface area contributed by atoms with Gasteiger partial charge in [-0.25, -0.2) is 0 Å². The first-order valence-electron chi connectivity index (χ1n) is 5.14. The fourth-order valence-electron chi connectivity index (χ4n) is 1.65. The number of carbonyl (C=O) groups is 1. The third-order valence-corrected chi connectivity index (χ3v) is 3.03. The molecule has 6 heteroatoms. The molecule has 1 aliphatic heterocycles. The summed E-state index contributed by atoms with van der Waals surface area (Å²) in [5.41, 5.74) is 6.51. The standard InChI is InChI=1S/C11H12BrNO4/c12-7-3-6(8(13)5-10(14)15)4-9-11(7)17-2-1-16-9/h3-4,8H,1-2,5,13H2,(H,14,15)/t8-/m1/s1. The number of carboxylic acid groups (broad SMARTS) is 1. The number of nitrogens with two attached hydrogens (primary N) is 1. The van der Waals surface area contributed by atoms with Crippen LogP contribution in [0.2, 0.25) is 0 Å². The van der Waals surface area contributed by atoms with Crippen LogP contribution in [0.3, 0.4) is 0 Å². The molecule has 0 aromatic heterocycles. The van der Waals surface area contributed by atoms with Crippen LogP contribution in [0.1, 0.15) is 18.0 Å². The SMILES string of the molecule is N[C@H](CC(=O)O)c1cc(Br)c2c(c1)OCCO2. The maximum absolute atomic E-state index is 10.6. The van der Waals surface area contributed by atoms with Gasteiger partial charge in [-0.05, 0) is 33.6 Å². The Kier molecular flexibility index (Phi) is 3.54. The first-order valence-corrected chi connectivity index (χ1v) is 5.93. The summed E-state index contributed by atoms with van der Waals surface area (Å²) < 4.78 is 11.6. The molecule has 0 bridgehead atoms. The Labute approximate surface area is 107 Å². The smallest absolute Gasteiger partial charge is 0.305 e. The number of aliphatic carboxylic acids is 1. The minimum absolute atomic E-state index is 0.119. The van der Waals surface area contributed by atoms with Crippen LogP contribution in [-0.4, -0.2) is 24.3 Å². The lowest BCUT2D eigenvalue weighted by atomic mass is 10.0. The van der Waals surface area contributed by atoms with Crippen LogP contribution < -0.4 is 15.2 Å². The van der Waals surface area contributed by atoms with Crippen molar-refractivity contribution < 1.29 is 19.4 Å². The van der Waals surface area contributed by atoms with E-state index in [2.05, 4.69) is 15.9 Å².